The molecule has 1 heterocycles. The number of benzene rings is 1. The van der Waals surface area contributed by atoms with E-state index in [-0.39, 0.29) is 29.8 Å². The van der Waals surface area contributed by atoms with E-state index in [1.807, 2.05) is 26.0 Å². The second-order valence-corrected chi connectivity index (χ2v) is 7.98. The topological polar surface area (TPSA) is 70.2 Å². The minimum absolute atomic E-state index is 0.0449. The van der Waals surface area contributed by atoms with Crippen molar-refractivity contribution in [1.29, 1.82) is 0 Å². The molecule has 2 amide bonds. The lowest BCUT2D eigenvalue weighted by molar-refractivity contribution is -0.131. The summed E-state index contributed by atoms with van der Waals surface area (Å²) in [5.41, 5.74) is 2.45. The molecular weight excluding hydrogens is 326 g/mol. The first-order valence-electron chi connectivity index (χ1n) is 9.95. The molecule has 3 rings (SSSR count). The Morgan fingerprint density at radius 3 is 2.46 bits per heavy atom. The van der Waals surface area contributed by atoms with Gasteiger partial charge in [0.25, 0.3) is 0 Å². The molecule has 1 saturated carbocycles. The molecule has 1 aromatic rings. The van der Waals surface area contributed by atoms with E-state index in [9.17, 15) is 9.59 Å². The molecular formula is C21H31N3O2. The molecule has 1 fully saturated rings. The fourth-order valence-electron chi connectivity index (χ4n) is 3.97. The molecule has 142 valence electrons. The third-order valence-electron chi connectivity index (χ3n) is 5.60. The van der Waals surface area contributed by atoms with E-state index >= 15 is 0 Å². The lowest BCUT2D eigenvalue weighted by Crippen LogP contribution is -2.57. The number of carbonyl (C=O) groups excluding carboxylic acids is 2. The summed E-state index contributed by atoms with van der Waals surface area (Å²) >= 11 is 0. The minimum atomic E-state index is -0.483. The van der Waals surface area contributed by atoms with Crippen LogP contribution < -0.4 is 16.0 Å². The number of carbonyl (C=O) groups is 2. The van der Waals surface area contributed by atoms with Crippen LogP contribution in [-0.2, 0) is 22.6 Å². The van der Waals surface area contributed by atoms with E-state index in [0.29, 0.717) is 13.0 Å². The van der Waals surface area contributed by atoms with E-state index in [4.69, 9.17) is 0 Å². The van der Waals surface area contributed by atoms with Gasteiger partial charge in [0.1, 0.15) is 6.04 Å². The van der Waals surface area contributed by atoms with E-state index in [0.717, 1.165) is 12.8 Å². The second-order valence-electron chi connectivity index (χ2n) is 7.98. The van der Waals surface area contributed by atoms with E-state index in [1.165, 1.54) is 30.4 Å². The van der Waals surface area contributed by atoms with Crippen LogP contribution in [0.2, 0.25) is 0 Å². The molecule has 0 bridgehead atoms. The zero-order valence-electron chi connectivity index (χ0n) is 15.9. The van der Waals surface area contributed by atoms with Crippen LogP contribution in [0.4, 0.5) is 0 Å². The summed E-state index contributed by atoms with van der Waals surface area (Å²) in [4.78, 5) is 25.5. The van der Waals surface area contributed by atoms with Gasteiger partial charge in [0, 0.05) is 12.6 Å². The van der Waals surface area contributed by atoms with Gasteiger partial charge in [0.05, 0.1) is 6.04 Å². The van der Waals surface area contributed by atoms with Gasteiger partial charge >= 0.3 is 0 Å². The summed E-state index contributed by atoms with van der Waals surface area (Å²) in [6, 6.07) is 7.68. The molecule has 26 heavy (non-hydrogen) atoms. The number of fused-ring (bicyclic) bond motifs is 1. The summed E-state index contributed by atoms with van der Waals surface area (Å²) in [5.74, 6) is -0.0770. The monoisotopic (exact) mass is 357 g/mol. The first-order valence-corrected chi connectivity index (χ1v) is 9.95. The van der Waals surface area contributed by atoms with E-state index in [2.05, 4.69) is 28.1 Å². The van der Waals surface area contributed by atoms with Crippen molar-refractivity contribution in [3.63, 3.8) is 0 Å². The van der Waals surface area contributed by atoms with Crippen LogP contribution in [0.25, 0.3) is 0 Å². The average molecular weight is 357 g/mol. The van der Waals surface area contributed by atoms with Crippen LogP contribution >= 0.6 is 0 Å². The Hall–Kier alpha value is -1.88. The summed E-state index contributed by atoms with van der Waals surface area (Å²) in [6.45, 7) is 4.65. The van der Waals surface area contributed by atoms with Crippen molar-refractivity contribution in [3.8, 4) is 0 Å². The van der Waals surface area contributed by atoms with Gasteiger partial charge in [-0.3, -0.25) is 9.59 Å². The van der Waals surface area contributed by atoms with Crippen LogP contribution in [0.3, 0.4) is 0 Å². The standard InChI is InChI=1S/C21H31N3O2/c1-14(2)19(21(26)23-17-10-4-3-5-11-17)24-20(25)18-12-15-8-6-7-9-16(15)13-22-18/h6-9,14,17-19,22H,3-5,10-13H2,1-2H3,(H,23,26)(H,24,25)/t18-,19+/m1/s1. The van der Waals surface area contributed by atoms with Crippen LogP contribution in [0.15, 0.2) is 24.3 Å². The highest BCUT2D eigenvalue weighted by Gasteiger charge is 2.30. The number of rotatable bonds is 5. The zero-order chi connectivity index (χ0) is 18.5. The lowest BCUT2D eigenvalue weighted by atomic mass is 9.93. The van der Waals surface area contributed by atoms with Crippen molar-refractivity contribution >= 4 is 11.8 Å². The highest BCUT2D eigenvalue weighted by atomic mass is 16.2. The van der Waals surface area contributed by atoms with Gasteiger partial charge in [0.2, 0.25) is 11.8 Å². The van der Waals surface area contributed by atoms with Crippen molar-refractivity contribution in [2.45, 2.75) is 77.0 Å². The number of hydrogen-bond acceptors (Lipinski definition) is 3. The quantitative estimate of drug-likeness (QED) is 0.757. The molecule has 2 atom stereocenters. The van der Waals surface area contributed by atoms with Crippen molar-refractivity contribution < 1.29 is 9.59 Å². The Labute approximate surface area is 156 Å². The molecule has 0 spiro atoms. The Morgan fingerprint density at radius 1 is 1.08 bits per heavy atom. The van der Waals surface area contributed by atoms with Crippen LogP contribution in [0.1, 0.15) is 57.1 Å². The molecule has 1 aliphatic heterocycles. The molecule has 0 unspecified atom stereocenters. The van der Waals surface area contributed by atoms with Crippen LogP contribution in [0.5, 0.6) is 0 Å². The zero-order valence-corrected chi connectivity index (χ0v) is 15.9. The van der Waals surface area contributed by atoms with Crippen LogP contribution in [-0.4, -0.2) is 29.9 Å². The minimum Gasteiger partial charge on any atom is -0.352 e. The van der Waals surface area contributed by atoms with Crippen LogP contribution in [0, 0.1) is 5.92 Å². The third-order valence-corrected chi connectivity index (χ3v) is 5.60. The predicted molar refractivity (Wildman–Crippen MR) is 103 cm³/mol. The Morgan fingerprint density at radius 2 is 1.77 bits per heavy atom. The van der Waals surface area contributed by atoms with E-state index < -0.39 is 6.04 Å². The summed E-state index contributed by atoms with van der Waals surface area (Å²) in [7, 11) is 0. The fraction of sp³-hybridized carbons (Fsp3) is 0.619. The van der Waals surface area contributed by atoms with Gasteiger partial charge in [-0.05, 0) is 36.3 Å². The molecule has 5 nitrogen and oxygen atoms in total. The third kappa shape index (κ3) is 4.64. The second kappa shape index (κ2) is 8.67. The lowest BCUT2D eigenvalue weighted by Gasteiger charge is -2.30. The van der Waals surface area contributed by atoms with Gasteiger partial charge < -0.3 is 16.0 Å². The van der Waals surface area contributed by atoms with Gasteiger partial charge in [0.15, 0.2) is 0 Å². The summed E-state index contributed by atoms with van der Waals surface area (Å²) < 4.78 is 0. The Balaban J connectivity index is 1.59. The first-order chi connectivity index (χ1) is 12.5. The van der Waals surface area contributed by atoms with Crippen molar-refractivity contribution in [1.82, 2.24) is 16.0 Å². The van der Waals surface area contributed by atoms with E-state index in [1.54, 1.807) is 0 Å². The van der Waals surface area contributed by atoms with Gasteiger partial charge in [-0.25, -0.2) is 0 Å². The molecule has 0 aromatic heterocycles. The smallest absolute Gasteiger partial charge is 0.243 e. The maximum atomic E-state index is 12.8. The normalized spacial score (nSPS) is 21.7. The molecule has 5 heteroatoms. The number of nitrogens with one attached hydrogen (secondary N) is 3. The number of hydrogen-bond donors (Lipinski definition) is 3. The first kappa shape index (κ1) is 18.9. The fourth-order valence-corrected chi connectivity index (χ4v) is 3.97. The maximum absolute atomic E-state index is 12.8. The Kier molecular flexibility index (Phi) is 6.30. The molecule has 0 saturated heterocycles. The van der Waals surface area contributed by atoms with Crippen molar-refractivity contribution in [3.05, 3.63) is 35.4 Å². The van der Waals surface area contributed by atoms with Crippen molar-refractivity contribution in [2.75, 3.05) is 0 Å². The SMILES string of the molecule is CC(C)[C@H](NC(=O)[C@H]1Cc2ccccc2CN1)C(=O)NC1CCCCC1. The molecule has 1 aliphatic carbocycles. The summed E-state index contributed by atoms with van der Waals surface area (Å²) in [6.07, 6.45) is 6.36. The highest BCUT2D eigenvalue weighted by molar-refractivity contribution is 5.90. The highest BCUT2D eigenvalue weighted by Crippen LogP contribution is 2.19. The molecule has 3 N–H and O–H groups in total. The van der Waals surface area contributed by atoms with Gasteiger partial charge in [-0.2, -0.15) is 0 Å². The molecule has 1 aromatic carbocycles. The van der Waals surface area contributed by atoms with Gasteiger partial charge in [-0.1, -0.05) is 57.4 Å². The maximum Gasteiger partial charge on any atom is 0.243 e. The summed E-state index contributed by atoms with van der Waals surface area (Å²) in [5, 5.41) is 9.44. The number of amides is 2. The predicted octanol–water partition coefficient (Wildman–Crippen LogP) is 2.29. The largest absolute Gasteiger partial charge is 0.352 e. The molecule has 0 radical (unpaired) electrons. The Bertz CT molecular complexity index is 638. The van der Waals surface area contributed by atoms with Crippen molar-refractivity contribution in [2.24, 2.45) is 5.92 Å². The molecule has 2 aliphatic rings. The van der Waals surface area contributed by atoms with Gasteiger partial charge in [-0.15, -0.1) is 0 Å². The average Bonchev–Trinajstić information content (AvgIpc) is 2.66.